The van der Waals surface area contributed by atoms with Crippen molar-refractivity contribution in [3.05, 3.63) is 51.2 Å². The molecule has 3 rings (SSSR count). The van der Waals surface area contributed by atoms with Crippen LogP contribution >= 0.6 is 22.9 Å². The Labute approximate surface area is 165 Å². The van der Waals surface area contributed by atoms with Crippen LogP contribution in [0.15, 0.2) is 36.4 Å². The summed E-state index contributed by atoms with van der Waals surface area (Å²) in [5, 5.41) is 3.13. The van der Waals surface area contributed by atoms with Crippen molar-refractivity contribution in [3.8, 4) is 0 Å². The monoisotopic (exact) mass is 411 g/mol. The summed E-state index contributed by atoms with van der Waals surface area (Å²) < 4.78 is 18.6. The number of rotatable bonds is 7. The number of thiophene rings is 1. The van der Waals surface area contributed by atoms with Crippen LogP contribution < -0.4 is 5.32 Å². The van der Waals surface area contributed by atoms with Gasteiger partial charge < -0.3 is 10.1 Å². The second-order valence-electron chi connectivity index (χ2n) is 6.29. The lowest BCUT2D eigenvalue weighted by molar-refractivity contribution is -0.116. The van der Waals surface area contributed by atoms with Crippen molar-refractivity contribution < 1.29 is 13.7 Å². The molecule has 1 N–H and O–H groups in total. The molecule has 1 aliphatic heterocycles. The Bertz CT molecular complexity index is 772. The van der Waals surface area contributed by atoms with Gasteiger partial charge in [-0.1, -0.05) is 23.7 Å². The number of aryl methyl sites for hydroxylation is 1. The Morgan fingerprint density at radius 2 is 2.08 bits per heavy atom. The van der Waals surface area contributed by atoms with E-state index in [2.05, 4.69) is 5.32 Å². The van der Waals surface area contributed by atoms with Crippen LogP contribution in [0.4, 0.5) is 5.69 Å². The molecule has 1 unspecified atom stereocenters. The van der Waals surface area contributed by atoms with E-state index in [1.165, 1.54) is 11.3 Å². The molecule has 0 saturated carbocycles. The lowest BCUT2D eigenvalue weighted by Gasteiger charge is -2.21. The van der Waals surface area contributed by atoms with E-state index in [-0.39, 0.29) is 11.2 Å². The molecule has 1 saturated heterocycles. The van der Waals surface area contributed by atoms with Gasteiger partial charge in [0.05, 0.1) is 4.34 Å². The molecule has 0 bridgehead atoms. The fourth-order valence-electron chi connectivity index (χ4n) is 2.91. The van der Waals surface area contributed by atoms with Crippen LogP contribution in [0.2, 0.25) is 4.34 Å². The average Bonchev–Trinajstić information content (AvgIpc) is 3.06. The summed E-state index contributed by atoms with van der Waals surface area (Å²) in [6.45, 7) is 1.39. The Morgan fingerprint density at radius 1 is 1.27 bits per heavy atom. The van der Waals surface area contributed by atoms with Gasteiger partial charge in [0.15, 0.2) is 0 Å². The first kappa shape index (κ1) is 19.5. The molecule has 1 fully saturated rings. The summed E-state index contributed by atoms with van der Waals surface area (Å²) in [7, 11) is -0.908. The highest BCUT2D eigenvalue weighted by atomic mass is 35.5. The average molecular weight is 412 g/mol. The number of anilines is 1. The minimum atomic E-state index is -0.908. The maximum atomic E-state index is 12.5. The lowest BCUT2D eigenvalue weighted by atomic mass is 10.2. The van der Waals surface area contributed by atoms with Gasteiger partial charge in [0.25, 0.3) is 0 Å². The summed E-state index contributed by atoms with van der Waals surface area (Å²) in [4.78, 5) is 13.3. The first-order valence-electron chi connectivity index (χ1n) is 8.68. The third-order valence-electron chi connectivity index (χ3n) is 4.29. The smallest absolute Gasteiger partial charge is 0.224 e. The summed E-state index contributed by atoms with van der Waals surface area (Å²) >= 11 is 7.41. The molecular formula is C19H22ClNO3S2. The zero-order valence-corrected chi connectivity index (χ0v) is 16.8. The maximum absolute atomic E-state index is 12.5. The highest BCUT2D eigenvalue weighted by Crippen LogP contribution is 2.23. The van der Waals surface area contributed by atoms with Crippen molar-refractivity contribution >= 4 is 45.3 Å². The second kappa shape index (κ2) is 9.65. The number of benzene rings is 1. The van der Waals surface area contributed by atoms with E-state index in [4.69, 9.17) is 16.3 Å². The van der Waals surface area contributed by atoms with Gasteiger partial charge >= 0.3 is 0 Å². The number of hydrogen-bond donors (Lipinski definition) is 1. The molecule has 0 radical (unpaired) electrons. The van der Waals surface area contributed by atoms with Gasteiger partial charge in [-0.25, -0.2) is 0 Å². The molecule has 0 aliphatic carbocycles. The molecule has 1 aromatic carbocycles. The van der Waals surface area contributed by atoms with Gasteiger partial charge in [-0.15, -0.1) is 11.3 Å². The number of hydrogen-bond acceptors (Lipinski definition) is 4. The molecule has 2 heterocycles. The van der Waals surface area contributed by atoms with Gasteiger partial charge in [-0.05, 0) is 49.1 Å². The number of halogens is 1. The SMILES string of the molecule is O=C(CCc1ccc(Cl)s1)Nc1cccc(CS(=O)C2CCOCC2)c1. The van der Waals surface area contributed by atoms with Gasteiger partial charge in [0.1, 0.15) is 0 Å². The van der Waals surface area contributed by atoms with Crippen molar-refractivity contribution in [2.24, 2.45) is 0 Å². The number of carbonyl (C=O) groups is 1. The van der Waals surface area contributed by atoms with Gasteiger partial charge in [-0.3, -0.25) is 9.00 Å². The molecule has 140 valence electrons. The normalized spacial score (nSPS) is 16.3. The van der Waals surface area contributed by atoms with Crippen LogP contribution in [0.5, 0.6) is 0 Å². The number of ether oxygens (including phenoxy) is 1. The summed E-state index contributed by atoms with van der Waals surface area (Å²) in [5.41, 5.74) is 1.73. The standard InChI is InChI=1S/C19H22ClNO3S2/c20-18-6-4-16(25-18)5-7-19(22)21-15-3-1-2-14(12-15)13-26(23)17-8-10-24-11-9-17/h1-4,6,12,17H,5,7-11,13H2,(H,21,22). The molecule has 2 aromatic rings. The number of amides is 1. The van der Waals surface area contributed by atoms with Crippen LogP contribution in [0, 0.1) is 0 Å². The van der Waals surface area contributed by atoms with Crippen molar-refractivity contribution in [2.75, 3.05) is 18.5 Å². The fraction of sp³-hybridized carbons (Fsp3) is 0.421. The topological polar surface area (TPSA) is 55.4 Å². The predicted molar refractivity (Wildman–Crippen MR) is 108 cm³/mol. The van der Waals surface area contributed by atoms with E-state index in [1.807, 2.05) is 36.4 Å². The molecule has 4 nitrogen and oxygen atoms in total. The van der Waals surface area contributed by atoms with Crippen LogP contribution in [0.3, 0.4) is 0 Å². The zero-order valence-electron chi connectivity index (χ0n) is 14.4. The van der Waals surface area contributed by atoms with Crippen molar-refractivity contribution in [1.82, 2.24) is 0 Å². The van der Waals surface area contributed by atoms with Gasteiger partial charge in [0.2, 0.25) is 5.91 Å². The number of nitrogens with one attached hydrogen (secondary N) is 1. The van der Waals surface area contributed by atoms with E-state index >= 15 is 0 Å². The summed E-state index contributed by atoms with van der Waals surface area (Å²) in [5.74, 6) is 0.486. The fourth-order valence-corrected chi connectivity index (χ4v) is 5.46. The van der Waals surface area contributed by atoms with Crippen molar-refractivity contribution in [2.45, 2.75) is 36.7 Å². The van der Waals surface area contributed by atoms with E-state index in [0.717, 1.165) is 33.3 Å². The van der Waals surface area contributed by atoms with E-state index in [1.54, 1.807) is 0 Å². The largest absolute Gasteiger partial charge is 0.381 e. The predicted octanol–water partition coefficient (Wildman–Crippen LogP) is 4.40. The Balaban J connectivity index is 1.51. The molecule has 26 heavy (non-hydrogen) atoms. The lowest BCUT2D eigenvalue weighted by Crippen LogP contribution is -2.25. The Kier molecular flexibility index (Phi) is 7.25. The number of carbonyl (C=O) groups excluding carboxylic acids is 1. The quantitative estimate of drug-likeness (QED) is 0.734. The summed E-state index contributed by atoms with van der Waals surface area (Å²) in [6.07, 6.45) is 2.80. The van der Waals surface area contributed by atoms with E-state index in [9.17, 15) is 9.00 Å². The first-order valence-corrected chi connectivity index (χ1v) is 11.3. The molecular weight excluding hydrogens is 390 g/mol. The molecule has 1 aromatic heterocycles. The van der Waals surface area contributed by atoms with Crippen molar-refractivity contribution in [3.63, 3.8) is 0 Å². The van der Waals surface area contributed by atoms with Gasteiger partial charge in [-0.2, -0.15) is 0 Å². The summed E-state index contributed by atoms with van der Waals surface area (Å²) in [6, 6.07) is 11.4. The Morgan fingerprint density at radius 3 is 2.81 bits per heavy atom. The van der Waals surface area contributed by atoms with E-state index in [0.29, 0.717) is 31.8 Å². The van der Waals surface area contributed by atoms with Crippen molar-refractivity contribution in [1.29, 1.82) is 0 Å². The maximum Gasteiger partial charge on any atom is 0.224 e. The highest BCUT2D eigenvalue weighted by molar-refractivity contribution is 7.84. The molecule has 7 heteroatoms. The minimum absolute atomic E-state index is 0.0303. The molecule has 0 spiro atoms. The van der Waals surface area contributed by atoms with Crippen LogP contribution in [0.25, 0.3) is 0 Å². The zero-order chi connectivity index (χ0) is 18.4. The minimum Gasteiger partial charge on any atom is -0.381 e. The third kappa shape index (κ3) is 5.91. The second-order valence-corrected chi connectivity index (χ2v) is 9.81. The third-order valence-corrected chi connectivity index (χ3v) is 7.41. The van der Waals surface area contributed by atoms with Crippen LogP contribution in [0.1, 0.15) is 29.7 Å². The molecule has 1 aliphatic rings. The first-order chi connectivity index (χ1) is 12.6. The van der Waals surface area contributed by atoms with Gasteiger partial charge in [0, 0.05) is 52.0 Å². The highest BCUT2D eigenvalue weighted by Gasteiger charge is 2.20. The molecule has 1 atom stereocenters. The van der Waals surface area contributed by atoms with Crippen LogP contribution in [-0.4, -0.2) is 28.6 Å². The van der Waals surface area contributed by atoms with E-state index < -0.39 is 10.8 Å². The molecule has 1 amide bonds. The van der Waals surface area contributed by atoms with Crippen LogP contribution in [-0.2, 0) is 32.5 Å². The Hall–Kier alpha value is -1.21.